The van der Waals surface area contributed by atoms with Crippen molar-refractivity contribution in [2.75, 3.05) is 37.6 Å². The summed E-state index contributed by atoms with van der Waals surface area (Å²) in [5.74, 6) is -0.457. The molecule has 2 rings (SSSR count). The van der Waals surface area contributed by atoms with Crippen molar-refractivity contribution in [1.82, 2.24) is 4.90 Å². The van der Waals surface area contributed by atoms with E-state index in [0.29, 0.717) is 18.8 Å². The molecule has 4 nitrogen and oxygen atoms in total. The van der Waals surface area contributed by atoms with Gasteiger partial charge in [0.25, 0.3) is 0 Å². The van der Waals surface area contributed by atoms with Crippen molar-refractivity contribution in [3.05, 3.63) is 36.4 Å². The molecular formula is C15H16F3N3O. The van der Waals surface area contributed by atoms with Gasteiger partial charge in [0.15, 0.2) is 0 Å². The van der Waals surface area contributed by atoms with Crippen molar-refractivity contribution in [3.8, 4) is 11.8 Å². The fourth-order valence-corrected chi connectivity index (χ4v) is 2.46. The van der Waals surface area contributed by atoms with Gasteiger partial charge in [-0.05, 0) is 12.1 Å². The third-order valence-corrected chi connectivity index (χ3v) is 3.44. The molecule has 0 spiro atoms. The maximum absolute atomic E-state index is 12.4. The summed E-state index contributed by atoms with van der Waals surface area (Å²) in [6.45, 7) is 7.26. The topological polar surface area (TPSA) is 39.5 Å². The molecule has 22 heavy (non-hydrogen) atoms. The number of alkyl halides is 3. The van der Waals surface area contributed by atoms with Gasteiger partial charge in [0.1, 0.15) is 17.4 Å². The first-order valence-electron chi connectivity index (χ1n) is 6.81. The van der Waals surface area contributed by atoms with Gasteiger partial charge in [-0.1, -0.05) is 12.1 Å². The van der Waals surface area contributed by atoms with Gasteiger partial charge in [-0.15, -0.1) is 19.8 Å². The first kappa shape index (κ1) is 16.2. The summed E-state index contributed by atoms with van der Waals surface area (Å²) in [6, 6.07) is 6.09. The second kappa shape index (κ2) is 6.71. The number of piperazine rings is 1. The van der Waals surface area contributed by atoms with E-state index in [1.54, 1.807) is 6.07 Å². The van der Waals surface area contributed by atoms with Crippen LogP contribution in [0, 0.1) is 11.3 Å². The van der Waals surface area contributed by atoms with Crippen LogP contribution in [0.5, 0.6) is 5.75 Å². The molecule has 0 aliphatic carbocycles. The number of anilines is 1. The Balaban J connectivity index is 2.20. The molecule has 1 aromatic carbocycles. The van der Waals surface area contributed by atoms with Crippen LogP contribution in [0.1, 0.15) is 5.56 Å². The lowest BCUT2D eigenvalue weighted by Crippen LogP contribution is -2.46. The molecule has 0 unspecified atom stereocenters. The highest BCUT2D eigenvalue weighted by atomic mass is 19.4. The number of nitriles is 1. The Morgan fingerprint density at radius 3 is 2.50 bits per heavy atom. The number of benzene rings is 1. The van der Waals surface area contributed by atoms with Crippen LogP contribution in [-0.4, -0.2) is 44.0 Å². The Bertz CT molecular complexity index is 572. The number of ether oxygens (including phenoxy) is 1. The van der Waals surface area contributed by atoms with E-state index in [9.17, 15) is 18.4 Å². The molecule has 118 valence electrons. The van der Waals surface area contributed by atoms with E-state index in [0.717, 1.165) is 25.7 Å². The normalized spacial score (nSPS) is 16.2. The van der Waals surface area contributed by atoms with Crippen LogP contribution in [-0.2, 0) is 0 Å². The van der Waals surface area contributed by atoms with E-state index < -0.39 is 12.1 Å². The lowest BCUT2D eigenvalue weighted by molar-refractivity contribution is -0.274. The van der Waals surface area contributed by atoms with Gasteiger partial charge in [0.05, 0.1) is 5.69 Å². The molecule has 0 saturated carbocycles. The summed E-state index contributed by atoms with van der Waals surface area (Å²) < 4.78 is 41.2. The monoisotopic (exact) mass is 311 g/mol. The minimum absolute atomic E-state index is 0.0861. The van der Waals surface area contributed by atoms with Crippen molar-refractivity contribution in [1.29, 1.82) is 5.26 Å². The fourth-order valence-electron chi connectivity index (χ4n) is 2.46. The molecule has 1 fully saturated rings. The summed E-state index contributed by atoms with van der Waals surface area (Å²) in [4.78, 5) is 4.09. The van der Waals surface area contributed by atoms with Crippen molar-refractivity contribution in [3.63, 3.8) is 0 Å². The van der Waals surface area contributed by atoms with Gasteiger partial charge in [-0.3, -0.25) is 4.90 Å². The van der Waals surface area contributed by atoms with Gasteiger partial charge < -0.3 is 9.64 Å². The van der Waals surface area contributed by atoms with Crippen LogP contribution in [0.2, 0.25) is 0 Å². The summed E-state index contributed by atoms with van der Waals surface area (Å²) >= 11 is 0. The second-order valence-corrected chi connectivity index (χ2v) is 4.89. The van der Waals surface area contributed by atoms with Crippen molar-refractivity contribution in [2.45, 2.75) is 6.36 Å². The maximum atomic E-state index is 12.4. The molecule has 1 heterocycles. The van der Waals surface area contributed by atoms with Crippen molar-refractivity contribution < 1.29 is 17.9 Å². The Labute approximate surface area is 127 Å². The predicted octanol–water partition coefficient (Wildman–Crippen LogP) is 2.76. The Kier molecular flexibility index (Phi) is 4.93. The van der Waals surface area contributed by atoms with E-state index in [1.165, 1.54) is 6.07 Å². The van der Waals surface area contributed by atoms with Crippen LogP contribution in [0.4, 0.5) is 18.9 Å². The molecule has 0 atom stereocenters. The number of rotatable bonds is 4. The molecule has 0 bridgehead atoms. The number of hydrogen-bond acceptors (Lipinski definition) is 4. The third kappa shape index (κ3) is 3.92. The lowest BCUT2D eigenvalue weighted by atomic mass is 10.1. The molecule has 0 N–H and O–H groups in total. The average molecular weight is 311 g/mol. The third-order valence-electron chi connectivity index (χ3n) is 3.44. The van der Waals surface area contributed by atoms with Crippen LogP contribution >= 0.6 is 0 Å². The predicted molar refractivity (Wildman–Crippen MR) is 76.7 cm³/mol. The zero-order chi connectivity index (χ0) is 16.2. The van der Waals surface area contributed by atoms with Crippen molar-refractivity contribution in [2.24, 2.45) is 0 Å². The summed E-state index contributed by atoms with van der Waals surface area (Å²) in [6.07, 6.45) is -3.00. The van der Waals surface area contributed by atoms with Gasteiger partial charge >= 0.3 is 6.36 Å². The Morgan fingerprint density at radius 1 is 1.27 bits per heavy atom. The quantitative estimate of drug-likeness (QED) is 0.802. The van der Waals surface area contributed by atoms with Gasteiger partial charge in [-0.2, -0.15) is 5.26 Å². The van der Waals surface area contributed by atoms with Crippen molar-refractivity contribution >= 4 is 5.69 Å². The molecule has 0 amide bonds. The maximum Gasteiger partial charge on any atom is 0.573 e. The molecule has 1 aliphatic heterocycles. The first-order valence-corrected chi connectivity index (χ1v) is 6.81. The van der Waals surface area contributed by atoms with E-state index in [-0.39, 0.29) is 5.56 Å². The fraction of sp³-hybridized carbons (Fsp3) is 0.400. The van der Waals surface area contributed by atoms with Crippen LogP contribution in [0.3, 0.4) is 0 Å². The lowest BCUT2D eigenvalue weighted by Gasteiger charge is -2.36. The minimum Gasteiger partial charge on any atom is -0.404 e. The highest BCUT2D eigenvalue weighted by molar-refractivity contribution is 5.65. The molecule has 1 aromatic rings. The van der Waals surface area contributed by atoms with E-state index in [4.69, 9.17) is 0 Å². The SMILES string of the molecule is C=CCN1CCN(c2cccc(OC(F)(F)F)c2C#N)CC1. The molecule has 0 aromatic heterocycles. The van der Waals surface area contributed by atoms with Crippen LogP contribution in [0.15, 0.2) is 30.9 Å². The number of halogens is 3. The number of hydrogen-bond donors (Lipinski definition) is 0. The number of nitrogens with zero attached hydrogens (tertiary/aromatic N) is 3. The molecule has 1 saturated heterocycles. The van der Waals surface area contributed by atoms with E-state index in [1.807, 2.05) is 17.0 Å². The smallest absolute Gasteiger partial charge is 0.404 e. The van der Waals surface area contributed by atoms with Gasteiger partial charge in [0, 0.05) is 32.7 Å². The largest absolute Gasteiger partial charge is 0.573 e. The zero-order valence-electron chi connectivity index (χ0n) is 11.9. The Hall–Kier alpha value is -2.20. The standard InChI is InChI=1S/C15H16F3N3O/c1-2-6-20-7-9-21(10-8-20)13-4-3-5-14(12(13)11-19)22-15(16,17)18/h2-5H,1,6-10H2. The Morgan fingerprint density at radius 2 is 1.95 bits per heavy atom. The highest BCUT2D eigenvalue weighted by Gasteiger charge is 2.33. The van der Waals surface area contributed by atoms with Crippen LogP contribution < -0.4 is 9.64 Å². The van der Waals surface area contributed by atoms with E-state index >= 15 is 0 Å². The highest BCUT2D eigenvalue weighted by Crippen LogP contribution is 2.32. The molecule has 1 aliphatic rings. The minimum atomic E-state index is -4.81. The molecule has 7 heteroatoms. The summed E-state index contributed by atoms with van der Waals surface area (Å²) in [5, 5.41) is 9.22. The van der Waals surface area contributed by atoms with Gasteiger partial charge in [-0.25, -0.2) is 0 Å². The molecule has 0 radical (unpaired) electrons. The van der Waals surface area contributed by atoms with E-state index in [2.05, 4.69) is 16.2 Å². The zero-order valence-corrected chi connectivity index (χ0v) is 11.9. The van der Waals surface area contributed by atoms with Crippen LogP contribution in [0.25, 0.3) is 0 Å². The first-order chi connectivity index (χ1) is 10.4. The summed E-state index contributed by atoms with van der Waals surface area (Å²) in [5.41, 5.74) is 0.388. The summed E-state index contributed by atoms with van der Waals surface area (Å²) in [7, 11) is 0. The molecular weight excluding hydrogens is 295 g/mol. The second-order valence-electron chi connectivity index (χ2n) is 4.89. The average Bonchev–Trinajstić information content (AvgIpc) is 2.46. The van der Waals surface area contributed by atoms with Gasteiger partial charge in [0.2, 0.25) is 0 Å².